The summed E-state index contributed by atoms with van der Waals surface area (Å²) in [5.41, 5.74) is 0.541. The number of anilines is 1. The molecule has 0 bridgehead atoms. The van der Waals surface area contributed by atoms with E-state index in [9.17, 15) is 9.18 Å². The van der Waals surface area contributed by atoms with E-state index in [2.05, 4.69) is 5.32 Å². The summed E-state index contributed by atoms with van der Waals surface area (Å²) >= 11 is 0. The molecule has 1 aliphatic carbocycles. The third-order valence-electron chi connectivity index (χ3n) is 4.11. The van der Waals surface area contributed by atoms with Crippen LogP contribution in [0.5, 0.6) is 5.75 Å². The molecular weight excluding hydrogens is 285 g/mol. The Labute approximate surface area is 130 Å². The van der Waals surface area contributed by atoms with Crippen molar-refractivity contribution in [2.75, 3.05) is 18.5 Å². The smallest absolute Gasteiger partial charge is 0.224 e. The van der Waals surface area contributed by atoms with E-state index in [1.807, 2.05) is 0 Å². The van der Waals surface area contributed by atoms with E-state index >= 15 is 0 Å². The predicted molar refractivity (Wildman–Crippen MR) is 81.5 cm³/mol. The normalized spacial score (nSPS) is 20.9. The average molecular weight is 307 g/mol. The molecule has 1 heterocycles. The summed E-state index contributed by atoms with van der Waals surface area (Å²) in [6.45, 7) is 1.38. The minimum Gasteiger partial charge on any atom is -0.491 e. The molecule has 0 radical (unpaired) electrons. The van der Waals surface area contributed by atoms with Crippen molar-refractivity contribution < 1.29 is 18.7 Å². The monoisotopic (exact) mass is 307 g/mol. The molecule has 1 aromatic rings. The lowest BCUT2D eigenvalue weighted by Gasteiger charge is -2.13. The number of rotatable bonds is 7. The molecule has 0 aromatic heterocycles. The van der Waals surface area contributed by atoms with Gasteiger partial charge < -0.3 is 14.8 Å². The Kier molecular flexibility index (Phi) is 4.93. The van der Waals surface area contributed by atoms with Crippen LogP contribution >= 0.6 is 0 Å². The van der Waals surface area contributed by atoms with Crippen LogP contribution < -0.4 is 10.1 Å². The Bertz CT molecular complexity index is 525. The number of halogens is 1. The van der Waals surface area contributed by atoms with Gasteiger partial charge in [-0.15, -0.1) is 0 Å². The fourth-order valence-electron chi connectivity index (χ4n) is 2.59. The zero-order valence-electron chi connectivity index (χ0n) is 12.6. The van der Waals surface area contributed by atoms with Crippen molar-refractivity contribution in [3.63, 3.8) is 0 Å². The highest BCUT2D eigenvalue weighted by molar-refractivity contribution is 5.92. The van der Waals surface area contributed by atoms with Crippen LogP contribution in [0.15, 0.2) is 18.2 Å². The molecule has 1 unspecified atom stereocenters. The summed E-state index contributed by atoms with van der Waals surface area (Å²) in [6, 6.07) is 4.22. The highest BCUT2D eigenvalue weighted by Crippen LogP contribution is 2.32. The number of nitrogens with one attached hydrogen (secondary N) is 1. The van der Waals surface area contributed by atoms with Gasteiger partial charge in [-0.3, -0.25) is 4.79 Å². The Morgan fingerprint density at radius 2 is 2.23 bits per heavy atom. The first kappa shape index (κ1) is 15.3. The fourth-order valence-corrected chi connectivity index (χ4v) is 2.59. The van der Waals surface area contributed by atoms with Crippen LogP contribution in [0.1, 0.15) is 38.5 Å². The number of carbonyl (C=O) groups is 1. The van der Waals surface area contributed by atoms with E-state index in [4.69, 9.17) is 9.47 Å². The van der Waals surface area contributed by atoms with Gasteiger partial charge in [-0.2, -0.15) is 0 Å². The van der Waals surface area contributed by atoms with Gasteiger partial charge in [0.1, 0.15) is 11.6 Å². The first-order valence-corrected chi connectivity index (χ1v) is 8.04. The highest BCUT2D eigenvalue weighted by Gasteiger charge is 2.23. The second kappa shape index (κ2) is 7.09. The summed E-state index contributed by atoms with van der Waals surface area (Å²) in [7, 11) is 0. The lowest BCUT2D eigenvalue weighted by molar-refractivity contribution is -0.116. The van der Waals surface area contributed by atoms with Crippen LogP contribution in [0.2, 0.25) is 0 Å². The maximum atomic E-state index is 13.4. The van der Waals surface area contributed by atoms with E-state index in [0.717, 1.165) is 25.9 Å². The maximum Gasteiger partial charge on any atom is 0.224 e. The third-order valence-corrected chi connectivity index (χ3v) is 4.11. The molecule has 1 aliphatic heterocycles. The summed E-state index contributed by atoms with van der Waals surface area (Å²) in [5.74, 6) is 0.547. The van der Waals surface area contributed by atoms with Crippen LogP contribution in [0.3, 0.4) is 0 Å². The molecule has 1 amide bonds. The summed E-state index contributed by atoms with van der Waals surface area (Å²) in [6.07, 6.45) is 5.76. The molecule has 1 N–H and O–H groups in total. The van der Waals surface area contributed by atoms with Gasteiger partial charge in [-0.25, -0.2) is 4.39 Å². The topological polar surface area (TPSA) is 47.6 Å². The van der Waals surface area contributed by atoms with E-state index < -0.39 is 0 Å². The molecule has 2 fully saturated rings. The van der Waals surface area contributed by atoms with Crippen molar-refractivity contribution in [3.05, 3.63) is 24.0 Å². The van der Waals surface area contributed by atoms with Gasteiger partial charge >= 0.3 is 0 Å². The van der Waals surface area contributed by atoms with Crippen LogP contribution in [0.25, 0.3) is 0 Å². The summed E-state index contributed by atoms with van der Waals surface area (Å²) in [5, 5.41) is 2.82. The SMILES string of the molecule is O=C(CCC1CCCO1)Nc1ccc(F)cc1OCC1CC1. The molecule has 22 heavy (non-hydrogen) atoms. The van der Waals surface area contributed by atoms with E-state index in [-0.39, 0.29) is 17.8 Å². The minimum atomic E-state index is -0.358. The van der Waals surface area contributed by atoms with Gasteiger partial charge in [0.15, 0.2) is 0 Å². The molecule has 1 atom stereocenters. The first-order valence-electron chi connectivity index (χ1n) is 8.04. The zero-order chi connectivity index (χ0) is 15.4. The van der Waals surface area contributed by atoms with Gasteiger partial charge in [0.2, 0.25) is 5.91 Å². The quantitative estimate of drug-likeness (QED) is 0.838. The highest BCUT2D eigenvalue weighted by atomic mass is 19.1. The number of carbonyl (C=O) groups excluding carboxylic acids is 1. The summed E-state index contributed by atoms with van der Waals surface area (Å²) < 4.78 is 24.5. The number of ether oxygens (including phenoxy) is 2. The van der Waals surface area contributed by atoms with Crippen LogP contribution in [-0.2, 0) is 9.53 Å². The molecule has 4 nitrogen and oxygen atoms in total. The van der Waals surface area contributed by atoms with E-state index in [1.165, 1.54) is 25.0 Å². The van der Waals surface area contributed by atoms with Gasteiger partial charge in [0.05, 0.1) is 18.4 Å². The van der Waals surface area contributed by atoms with Gasteiger partial charge in [-0.05, 0) is 50.2 Å². The Morgan fingerprint density at radius 3 is 2.95 bits per heavy atom. The van der Waals surface area contributed by atoms with Crippen molar-refractivity contribution in [2.45, 2.75) is 44.6 Å². The van der Waals surface area contributed by atoms with Gasteiger partial charge in [0, 0.05) is 19.1 Å². The van der Waals surface area contributed by atoms with E-state index in [1.54, 1.807) is 6.07 Å². The van der Waals surface area contributed by atoms with Crippen molar-refractivity contribution in [2.24, 2.45) is 5.92 Å². The molecule has 3 rings (SSSR count). The van der Waals surface area contributed by atoms with Crippen LogP contribution in [-0.4, -0.2) is 25.2 Å². The fraction of sp³-hybridized carbons (Fsp3) is 0.588. The molecular formula is C17H22FNO3. The molecule has 2 aliphatic rings. The Morgan fingerprint density at radius 1 is 1.36 bits per heavy atom. The van der Waals surface area contributed by atoms with Crippen LogP contribution in [0, 0.1) is 11.7 Å². The standard InChI is InChI=1S/C17H22FNO3/c18-13-5-7-15(16(10-13)22-11-12-3-4-12)19-17(20)8-6-14-2-1-9-21-14/h5,7,10,12,14H,1-4,6,8-9,11H2,(H,19,20). The lowest BCUT2D eigenvalue weighted by atomic mass is 10.1. The second-order valence-electron chi connectivity index (χ2n) is 6.12. The average Bonchev–Trinajstić information content (AvgIpc) is 3.19. The van der Waals surface area contributed by atoms with E-state index in [0.29, 0.717) is 30.4 Å². The molecule has 1 saturated heterocycles. The first-order chi connectivity index (χ1) is 10.7. The Hall–Kier alpha value is -1.62. The number of amides is 1. The second-order valence-corrected chi connectivity index (χ2v) is 6.12. The van der Waals surface area contributed by atoms with Crippen molar-refractivity contribution in [1.82, 2.24) is 0 Å². The molecule has 1 aromatic carbocycles. The molecule has 120 valence electrons. The predicted octanol–water partition coefficient (Wildman–Crippen LogP) is 3.51. The van der Waals surface area contributed by atoms with Crippen molar-refractivity contribution in [1.29, 1.82) is 0 Å². The van der Waals surface area contributed by atoms with Crippen molar-refractivity contribution >= 4 is 11.6 Å². The number of hydrogen-bond donors (Lipinski definition) is 1. The lowest BCUT2D eigenvalue weighted by Crippen LogP contribution is -2.16. The molecule has 1 saturated carbocycles. The Balaban J connectivity index is 1.53. The number of hydrogen-bond acceptors (Lipinski definition) is 3. The minimum absolute atomic E-state index is 0.0848. The summed E-state index contributed by atoms with van der Waals surface area (Å²) in [4.78, 5) is 12.0. The van der Waals surface area contributed by atoms with Gasteiger partial charge in [0.25, 0.3) is 0 Å². The van der Waals surface area contributed by atoms with Gasteiger partial charge in [-0.1, -0.05) is 0 Å². The maximum absolute atomic E-state index is 13.4. The molecule has 0 spiro atoms. The van der Waals surface area contributed by atoms with Crippen LogP contribution in [0.4, 0.5) is 10.1 Å². The zero-order valence-corrected chi connectivity index (χ0v) is 12.6. The largest absolute Gasteiger partial charge is 0.491 e. The van der Waals surface area contributed by atoms with Crippen molar-refractivity contribution in [3.8, 4) is 5.75 Å². The number of benzene rings is 1. The molecule has 5 heteroatoms. The third kappa shape index (κ3) is 4.44.